The number of benzene rings is 1. The van der Waals surface area contributed by atoms with Crippen LogP contribution in [0.25, 0.3) is 11.1 Å². The van der Waals surface area contributed by atoms with Crippen LogP contribution in [0.4, 0.5) is 5.69 Å². The number of anilines is 1. The molecule has 0 saturated carbocycles. The van der Waals surface area contributed by atoms with Crippen molar-refractivity contribution in [1.29, 1.82) is 0 Å². The van der Waals surface area contributed by atoms with Gasteiger partial charge in [-0.25, -0.2) is 4.98 Å². The molecule has 9 heteroatoms. The Morgan fingerprint density at radius 1 is 1.17 bits per heavy atom. The maximum atomic E-state index is 12.5. The molecule has 2 amide bonds. The van der Waals surface area contributed by atoms with Crippen molar-refractivity contribution in [1.82, 2.24) is 20.1 Å². The number of nitrogens with one attached hydrogen (secondary N) is 1. The number of aromatic nitrogens is 3. The fourth-order valence-corrected chi connectivity index (χ4v) is 5.13. The van der Waals surface area contributed by atoms with Gasteiger partial charge in [0, 0.05) is 42.0 Å². The average Bonchev–Trinajstić information content (AvgIpc) is 3.34. The summed E-state index contributed by atoms with van der Waals surface area (Å²) in [4.78, 5) is 30.7. The molecule has 3 N–H and O–H groups in total. The number of nitrogens with two attached hydrogens (primary N) is 1. The van der Waals surface area contributed by atoms with E-state index in [-0.39, 0.29) is 23.4 Å². The molecule has 1 fully saturated rings. The molecule has 0 unspecified atom stereocenters. The molecule has 2 aromatic heterocycles. The highest BCUT2D eigenvalue weighted by Crippen LogP contribution is 2.45. The summed E-state index contributed by atoms with van der Waals surface area (Å²) in [5, 5.41) is 8.04. The zero-order valence-electron chi connectivity index (χ0n) is 20.0. The van der Waals surface area contributed by atoms with Crippen molar-refractivity contribution in [2.75, 3.05) is 18.0 Å². The molecule has 0 bridgehead atoms. The molecule has 1 aromatic carbocycles. The van der Waals surface area contributed by atoms with Crippen LogP contribution in [0.5, 0.6) is 11.6 Å². The van der Waals surface area contributed by atoms with Gasteiger partial charge in [0.1, 0.15) is 11.3 Å². The van der Waals surface area contributed by atoms with E-state index in [2.05, 4.69) is 15.4 Å². The number of primary amides is 1. The van der Waals surface area contributed by atoms with Crippen LogP contribution in [0.15, 0.2) is 42.9 Å². The molecular formula is C26H30N6O3. The molecule has 3 aromatic rings. The van der Waals surface area contributed by atoms with Gasteiger partial charge in [-0.3, -0.25) is 14.3 Å². The number of hydrogen-bond acceptors (Lipinski definition) is 6. The van der Waals surface area contributed by atoms with Crippen molar-refractivity contribution >= 4 is 17.5 Å². The van der Waals surface area contributed by atoms with Gasteiger partial charge >= 0.3 is 0 Å². The number of fused-ring (bicyclic) bond motifs is 1. The van der Waals surface area contributed by atoms with E-state index in [0.717, 1.165) is 61.2 Å². The third-order valence-corrected chi connectivity index (χ3v) is 6.92. The van der Waals surface area contributed by atoms with Crippen molar-refractivity contribution in [3.05, 3.63) is 54.0 Å². The summed E-state index contributed by atoms with van der Waals surface area (Å²) in [5.74, 6) is 0.0869. The molecule has 9 nitrogen and oxygen atoms in total. The minimum atomic E-state index is -0.614. The first-order chi connectivity index (χ1) is 16.9. The number of hydrogen-bond donors (Lipinski definition) is 2. The van der Waals surface area contributed by atoms with Crippen molar-refractivity contribution in [3.63, 3.8) is 0 Å². The number of ether oxygens (including phenoxy) is 1. The zero-order chi connectivity index (χ0) is 24.5. The zero-order valence-corrected chi connectivity index (χ0v) is 20.0. The van der Waals surface area contributed by atoms with Gasteiger partial charge in [-0.05, 0) is 70.0 Å². The van der Waals surface area contributed by atoms with Crippen LogP contribution >= 0.6 is 0 Å². The van der Waals surface area contributed by atoms with Crippen LogP contribution in [0.1, 0.15) is 55.1 Å². The predicted octanol–water partition coefficient (Wildman–Crippen LogP) is 3.45. The topological polar surface area (TPSA) is 115 Å². The number of rotatable bonds is 5. The van der Waals surface area contributed by atoms with Crippen LogP contribution in [-0.4, -0.2) is 45.7 Å². The molecule has 35 heavy (non-hydrogen) atoms. The highest BCUT2D eigenvalue weighted by molar-refractivity contribution is 5.96. The Bertz CT molecular complexity index is 1260. The summed E-state index contributed by atoms with van der Waals surface area (Å²) in [6.45, 7) is 5.57. The quantitative estimate of drug-likeness (QED) is 0.585. The molecule has 1 saturated heterocycles. The smallest absolute Gasteiger partial charge is 0.254 e. The Morgan fingerprint density at radius 2 is 1.97 bits per heavy atom. The van der Waals surface area contributed by atoms with Gasteiger partial charge < -0.3 is 20.7 Å². The lowest BCUT2D eigenvalue weighted by Gasteiger charge is -2.35. The minimum absolute atomic E-state index is 0.0217. The van der Waals surface area contributed by atoms with Gasteiger partial charge in [0.25, 0.3) is 5.91 Å². The molecule has 2 aliphatic heterocycles. The van der Waals surface area contributed by atoms with E-state index in [1.807, 2.05) is 36.1 Å². The number of carbonyl (C=O) groups is 2. The molecule has 4 heterocycles. The SMILES string of the molecule is CC(=O)N1c2ccc(-c3cnn(C4CCNCC4)c3)c(Oc3ncccc3C(N)=O)c2CC[C@@H]1C. The summed E-state index contributed by atoms with van der Waals surface area (Å²) in [7, 11) is 0. The molecule has 2 aliphatic rings. The number of amides is 2. The van der Waals surface area contributed by atoms with E-state index in [9.17, 15) is 9.59 Å². The Kier molecular flexibility index (Phi) is 6.25. The van der Waals surface area contributed by atoms with Crippen LogP contribution in [-0.2, 0) is 11.2 Å². The van der Waals surface area contributed by atoms with E-state index in [1.165, 1.54) is 0 Å². The van der Waals surface area contributed by atoms with Crippen LogP contribution < -0.4 is 20.7 Å². The second-order valence-corrected chi connectivity index (χ2v) is 9.23. The summed E-state index contributed by atoms with van der Waals surface area (Å²) in [6, 6.07) is 7.61. The monoisotopic (exact) mass is 474 g/mol. The molecule has 5 rings (SSSR count). The summed E-state index contributed by atoms with van der Waals surface area (Å²) >= 11 is 0. The fraction of sp³-hybridized carbons (Fsp3) is 0.385. The minimum Gasteiger partial charge on any atom is -0.437 e. The first kappa shape index (κ1) is 23.0. The predicted molar refractivity (Wildman–Crippen MR) is 133 cm³/mol. The highest BCUT2D eigenvalue weighted by Gasteiger charge is 2.31. The van der Waals surface area contributed by atoms with Gasteiger partial charge in [-0.1, -0.05) is 0 Å². The lowest BCUT2D eigenvalue weighted by atomic mass is 9.92. The third kappa shape index (κ3) is 4.39. The van der Waals surface area contributed by atoms with Crippen LogP contribution in [0.2, 0.25) is 0 Å². The molecular weight excluding hydrogens is 444 g/mol. The molecule has 0 spiro atoms. The first-order valence-electron chi connectivity index (χ1n) is 12.1. The normalized spacial score (nSPS) is 18.2. The van der Waals surface area contributed by atoms with Crippen molar-refractivity contribution in [2.45, 2.75) is 51.6 Å². The Hall–Kier alpha value is -3.72. The molecule has 1 atom stereocenters. The Labute approximate surface area is 204 Å². The number of piperidine rings is 1. The summed E-state index contributed by atoms with van der Waals surface area (Å²) in [6.07, 6.45) is 9.03. The Morgan fingerprint density at radius 3 is 2.71 bits per heavy atom. The number of pyridine rings is 1. The summed E-state index contributed by atoms with van der Waals surface area (Å²) in [5.41, 5.74) is 9.26. The molecule has 0 aliphatic carbocycles. The lowest BCUT2D eigenvalue weighted by molar-refractivity contribution is -0.117. The van der Waals surface area contributed by atoms with Gasteiger partial charge in [0.05, 0.1) is 17.9 Å². The van der Waals surface area contributed by atoms with Gasteiger partial charge in [0.15, 0.2) is 0 Å². The van der Waals surface area contributed by atoms with Crippen LogP contribution in [0, 0.1) is 0 Å². The van der Waals surface area contributed by atoms with E-state index in [0.29, 0.717) is 11.8 Å². The van der Waals surface area contributed by atoms with E-state index in [4.69, 9.17) is 10.5 Å². The molecule has 0 radical (unpaired) electrons. The van der Waals surface area contributed by atoms with Gasteiger partial charge in [0.2, 0.25) is 11.8 Å². The Balaban J connectivity index is 1.63. The van der Waals surface area contributed by atoms with Gasteiger partial charge in [-0.15, -0.1) is 0 Å². The second-order valence-electron chi connectivity index (χ2n) is 9.23. The standard InChI is InChI=1S/C26H30N6O3/c1-16-5-6-21-23(32(16)17(2)33)8-7-20(18-14-30-31(15-18)19-9-12-28-13-10-19)24(21)35-26-22(25(27)34)4-3-11-29-26/h3-4,7-8,11,14-16,19,28H,5-6,9-10,12-13H2,1-2H3,(H2,27,34)/t16-/m0/s1. The largest absolute Gasteiger partial charge is 0.437 e. The highest BCUT2D eigenvalue weighted by atomic mass is 16.5. The average molecular weight is 475 g/mol. The van der Waals surface area contributed by atoms with Gasteiger partial charge in [-0.2, -0.15) is 5.10 Å². The maximum Gasteiger partial charge on any atom is 0.254 e. The maximum absolute atomic E-state index is 12.5. The van der Waals surface area contributed by atoms with Crippen molar-refractivity contribution < 1.29 is 14.3 Å². The van der Waals surface area contributed by atoms with Crippen LogP contribution in [0.3, 0.4) is 0 Å². The van der Waals surface area contributed by atoms with Crippen molar-refractivity contribution in [2.24, 2.45) is 5.73 Å². The second kappa shape index (κ2) is 9.50. The first-order valence-corrected chi connectivity index (χ1v) is 12.1. The van der Waals surface area contributed by atoms with Crippen molar-refractivity contribution in [3.8, 4) is 22.8 Å². The molecule has 182 valence electrons. The number of carbonyl (C=O) groups excluding carboxylic acids is 2. The fourth-order valence-electron chi connectivity index (χ4n) is 5.13. The van der Waals surface area contributed by atoms with E-state index in [1.54, 1.807) is 30.2 Å². The number of nitrogens with zero attached hydrogens (tertiary/aromatic N) is 4. The lowest BCUT2D eigenvalue weighted by Crippen LogP contribution is -2.40. The third-order valence-electron chi connectivity index (χ3n) is 6.92. The van der Waals surface area contributed by atoms with E-state index < -0.39 is 5.91 Å². The van der Waals surface area contributed by atoms with E-state index >= 15 is 0 Å². The summed E-state index contributed by atoms with van der Waals surface area (Å²) < 4.78 is 8.40.